The molecule has 1 aromatic rings. The number of rotatable bonds is 9. The summed E-state index contributed by atoms with van der Waals surface area (Å²) in [7, 11) is 0. The molecular formula is C21H35IN4O2. The molecular weight excluding hydrogens is 467 g/mol. The molecule has 1 aliphatic heterocycles. The minimum absolute atomic E-state index is 0. The van der Waals surface area contributed by atoms with Crippen LogP contribution in [0.4, 0.5) is 0 Å². The van der Waals surface area contributed by atoms with Crippen LogP contribution in [0.3, 0.4) is 0 Å². The molecule has 0 saturated carbocycles. The van der Waals surface area contributed by atoms with Crippen molar-refractivity contribution in [2.24, 2.45) is 10.9 Å². The quantitative estimate of drug-likeness (QED) is 0.236. The number of carbonyl (C=O) groups is 1. The summed E-state index contributed by atoms with van der Waals surface area (Å²) in [5.74, 6) is 1.38. The zero-order valence-corrected chi connectivity index (χ0v) is 19.7. The third kappa shape index (κ3) is 8.77. The highest BCUT2D eigenvalue weighted by molar-refractivity contribution is 14.0. The van der Waals surface area contributed by atoms with E-state index in [1.807, 2.05) is 17.9 Å². The Hall–Kier alpha value is -1.35. The van der Waals surface area contributed by atoms with Gasteiger partial charge in [0.25, 0.3) is 0 Å². The summed E-state index contributed by atoms with van der Waals surface area (Å²) < 4.78 is 5.61. The Balaban J connectivity index is 0.00000392. The summed E-state index contributed by atoms with van der Waals surface area (Å²) in [6.45, 7) is 10.8. The number of fused-ring (bicyclic) bond motifs is 1. The molecule has 0 aromatic heterocycles. The molecule has 1 aromatic carbocycles. The van der Waals surface area contributed by atoms with Crippen molar-refractivity contribution >= 4 is 35.8 Å². The van der Waals surface area contributed by atoms with Crippen LogP contribution >= 0.6 is 24.0 Å². The third-order valence-corrected chi connectivity index (χ3v) is 4.58. The number of ether oxygens (including phenoxy) is 1. The second-order valence-corrected chi connectivity index (χ2v) is 7.25. The van der Waals surface area contributed by atoms with Gasteiger partial charge in [0, 0.05) is 32.8 Å². The summed E-state index contributed by atoms with van der Waals surface area (Å²) in [4.78, 5) is 18.9. The Morgan fingerprint density at radius 1 is 1.21 bits per heavy atom. The van der Waals surface area contributed by atoms with Crippen LogP contribution in [0.1, 0.15) is 38.3 Å². The lowest BCUT2D eigenvalue weighted by molar-refractivity contribution is -0.130. The maximum Gasteiger partial charge on any atom is 0.244 e. The van der Waals surface area contributed by atoms with Gasteiger partial charge >= 0.3 is 0 Å². The molecule has 0 radical (unpaired) electrons. The standard InChI is InChI=1S/C21H34N4O2.HI/c1-4-22-21(23-11-14-27-13-10-17(2)3)24-15-20(26)25-12-9-18-7-5-6-8-19(18)16-25;/h5-8,17H,4,9-16H2,1-3H3,(H2,22,23,24);1H. The number of benzene rings is 1. The van der Waals surface area contributed by atoms with Gasteiger partial charge in [-0.3, -0.25) is 4.79 Å². The van der Waals surface area contributed by atoms with Crippen LogP contribution < -0.4 is 10.6 Å². The van der Waals surface area contributed by atoms with Gasteiger partial charge in [0.2, 0.25) is 5.91 Å². The Morgan fingerprint density at radius 2 is 1.96 bits per heavy atom. The summed E-state index contributed by atoms with van der Waals surface area (Å²) >= 11 is 0. The van der Waals surface area contributed by atoms with Crippen molar-refractivity contribution < 1.29 is 9.53 Å². The number of amides is 1. The smallest absolute Gasteiger partial charge is 0.244 e. The van der Waals surface area contributed by atoms with E-state index in [2.05, 4.69) is 47.7 Å². The molecule has 0 spiro atoms. The predicted octanol–water partition coefficient (Wildman–Crippen LogP) is 2.81. The number of guanidine groups is 1. The first-order valence-corrected chi connectivity index (χ1v) is 10.0. The maximum atomic E-state index is 12.5. The van der Waals surface area contributed by atoms with E-state index in [0.29, 0.717) is 31.6 Å². The molecule has 2 N–H and O–H groups in total. The van der Waals surface area contributed by atoms with E-state index in [4.69, 9.17) is 4.74 Å². The Bertz CT molecular complexity index is 622. The molecule has 1 heterocycles. The second-order valence-electron chi connectivity index (χ2n) is 7.25. The molecule has 158 valence electrons. The largest absolute Gasteiger partial charge is 0.380 e. The molecule has 28 heavy (non-hydrogen) atoms. The van der Waals surface area contributed by atoms with Gasteiger partial charge in [-0.2, -0.15) is 0 Å². The number of nitrogens with zero attached hydrogens (tertiary/aromatic N) is 2. The number of nitrogens with one attached hydrogen (secondary N) is 2. The van der Waals surface area contributed by atoms with Crippen LogP contribution in [0.25, 0.3) is 0 Å². The van der Waals surface area contributed by atoms with Crippen molar-refractivity contribution in [2.75, 3.05) is 39.4 Å². The number of hydrogen-bond acceptors (Lipinski definition) is 3. The highest BCUT2D eigenvalue weighted by Crippen LogP contribution is 2.18. The van der Waals surface area contributed by atoms with Gasteiger partial charge in [0.05, 0.1) is 6.61 Å². The zero-order valence-electron chi connectivity index (χ0n) is 17.4. The molecule has 0 fully saturated rings. The first-order chi connectivity index (χ1) is 13.1. The minimum atomic E-state index is 0. The zero-order chi connectivity index (χ0) is 19.5. The molecule has 7 heteroatoms. The van der Waals surface area contributed by atoms with Crippen molar-refractivity contribution in [1.82, 2.24) is 15.5 Å². The molecule has 0 unspecified atom stereocenters. The predicted molar refractivity (Wildman–Crippen MR) is 125 cm³/mol. The van der Waals surface area contributed by atoms with Gasteiger partial charge in [-0.05, 0) is 36.8 Å². The van der Waals surface area contributed by atoms with Gasteiger partial charge in [-0.1, -0.05) is 38.1 Å². The van der Waals surface area contributed by atoms with E-state index in [1.165, 1.54) is 11.1 Å². The van der Waals surface area contributed by atoms with Gasteiger partial charge in [-0.25, -0.2) is 4.99 Å². The van der Waals surface area contributed by atoms with Crippen LogP contribution in [0, 0.1) is 5.92 Å². The van der Waals surface area contributed by atoms with Crippen LogP contribution in [0.2, 0.25) is 0 Å². The highest BCUT2D eigenvalue weighted by Gasteiger charge is 2.19. The van der Waals surface area contributed by atoms with Crippen LogP contribution in [0.5, 0.6) is 0 Å². The minimum Gasteiger partial charge on any atom is -0.380 e. The molecule has 0 aliphatic carbocycles. The summed E-state index contributed by atoms with van der Waals surface area (Å²) in [5.41, 5.74) is 2.59. The van der Waals surface area contributed by atoms with Crippen molar-refractivity contribution in [3.8, 4) is 0 Å². The van der Waals surface area contributed by atoms with E-state index >= 15 is 0 Å². The lowest BCUT2D eigenvalue weighted by Crippen LogP contribution is -2.41. The van der Waals surface area contributed by atoms with Crippen molar-refractivity contribution in [3.05, 3.63) is 35.4 Å². The van der Waals surface area contributed by atoms with Gasteiger partial charge < -0.3 is 20.3 Å². The first kappa shape index (κ1) is 24.7. The fourth-order valence-electron chi connectivity index (χ4n) is 2.96. The van der Waals surface area contributed by atoms with Gasteiger partial charge in [-0.15, -0.1) is 24.0 Å². The van der Waals surface area contributed by atoms with Crippen LogP contribution in [0.15, 0.2) is 29.3 Å². The van der Waals surface area contributed by atoms with Crippen LogP contribution in [-0.2, 0) is 22.5 Å². The Labute approximate surface area is 186 Å². The molecule has 0 saturated heterocycles. The average Bonchev–Trinajstić information content (AvgIpc) is 2.67. The highest BCUT2D eigenvalue weighted by atomic mass is 127. The lowest BCUT2D eigenvalue weighted by Gasteiger charge is -2.28. The van der Waals surface area contributed by atoms with Crippen molar-refractivity contribution in [2.45, 2.75) is 40.2 Å². The summed E-state index contributed by atoms with van der Waals surface area (Å²) in [6.07, 6.45) is 1.99. The number of aliphatic imine (C=N–C) groups is 1. The van der Waals surface area contributed by atoms with Crippen molar-refractivity contribution in [1.29, 1.82) is 0 Å². The molecule has 1 aliphatic rings. The summed E-state index contributed by atoms with van der Waals surface area (Å²) in [5, 5.41) is 6.40. The van der Waals surface area contributed by atoms with E-state index in [0.717, 1.165) is 32.5 Å². The topological polar surface area (TPSA) is 66.0 Å². The Morgan fingerprint density at radius 3 is 2.68 bits per heavy atom. The molecule has 6 nitrogen and oxygen atoms in total. The number of halogens is 1. The Kier molecular flexibility index (Phi) is 12.1. The van der Waals surface area contributed by atoms with Crippen LogP contribution in [-0.4, -0.2) is 56.2 Å². The summed E-state index contributed by atoms with van der Waals surface area (Å²) in [6, 6.07) is 8.33. The maximum absolute atomic E-state index is 12.5. The fraction of sp³-hybridized carbons (Fsp3) is 0.619. The van der Waals surface area contributed by atoms with Gasteiger partial charge in [0.15, 0.2) is 5.96 Å². The van der Waals surface area contributed by atoms with Crippen molar-refractivity contribution in [3.63, 3.8) is 0 Å². The van der Waals surface area contributed by atoms with E-state index in [1.54, 1.807) is 0 Å². The third-order valence-electron chi connectivity index (χ3n) is 4.58. The first-order valence-electron chi connectivity index (χ1n) is 10.0. The lowest BCUT2D eigenvalue weighted by atomic mass is 10.00. The van der Waals surface area contributed by atoms with E-state index < -0.39 is 0 Å². The second kappa shape index (κ2) is 13.8. The van der Waals surface area contributed by atoms with E-state index in [-0.39, 0.29) is 36.4 Å². The van der Waals surface area contributed by atoms with Gasteiger partial charge in [0.1, 0.15) is 6.54 Å². The molecule has 0 atom stereocenters. The monoisotopic (exact) mass is 502 g/mol. The number of hydrogen-bond donors (Lipinski definition) is 2. The number of carbonyl (C=O) groups excluding carboxylic acids is 1. The average molecular weight is 502 g/mol. The molecule has 0 bridgehead atoms. The fourth-order valence-corrected chi connectivity index (χ4v) is 2.96. The normalized spacial score (nSPS) is 13.7. The van der Waals surface area contributed by atoms with E-state index in [9.17, 15) is 4.79 Å². The SMILES string of the molecule is CCNC(=NCC(=O)N1CCc2ccccc2C1)NCCOCCC(C)C.I. The molecule has 1 amide bonds. The molecule has 2 rings (SSSR count).